The fraction of sp³-hybridized carbons (Fsp3) is 0.500. The molecule has 8 nitrogen and oxygen atoms in total. The van der Waals surface area contributed by atoms with Gasteiger partial charge >= 0.3 is 6.03 Å². The van der Waals surface area contributed by atoms with Crippen LogP contribution in [0.4, 0.5) is 10.5 Å². The Hall–Kier alpha value is -2.61. The number of methoxy groups -OCH3 is 1. The van der Waals surface area contributed by atoms with Crippen molar-refractivity contribution in [2.75, 3.05) is 38.7 Å². The first-order valence-electron chi connectivity index (χ1n) is 8.74. The van der Waals surface area contributed by atoms with Crippen molar-refractivity contribution in [1.82, 2.24) is 15.0 Å². The lowest BCUT2D eigenvalue weighted by Gasteiger charge is -2.31. The van der Waals surface area contributed by atoms with Gasteiger partial charge in [0, 0.05) is 20.2 Å². The van der Waals surface area contributed by atoms with Gasteiger partial charge in [-0.05, 0) is 31.9 Å². The summed E-state index contributed by atoms with van der Waals surface area (Å²) in [5.74, 6) is 1.91. The van der Waals surface area contributed by atoms with Gasteiger partial charge in [0.1, 0.15) is 12.4 Å². The molecule has 0 saturated carbocycles. The lowest BCUT2D eigenvalue weighted by molar-refractivity contribution is 0.146. The highest BCUT2D eigenvalue weighted by Crippen LogP contribution is 2.28. The Morgan fingerprint density at radius 1 is 1.38 bits per heavy atom. The third-order valence-corrected chi connectivity index (χ3v) is 4.27. The predicted molar refractivity (Wildman–Crippen MR) is 95.4 cm³/mol. The van der Waals surface area contributed by atoms with Crippen molar-refractivity contribution in [3.8, 4) is 5.75 Å². The van der Waals surface area contributed by atoms with E-state index in [0.29, 0.717) is 49.5 Å². The number of piperidine rings is 1. The summed E-state index contributed by atoms with van der Waals surface area (Å²) in [4.78, 5) is 18.8. The molecule has 1 aromatic carbocycles. The third kappa shape index (κ3) is 4.51. The van der Waals surface area contributed by atoms with Crippen LogP contribution in [-0.2, 0) is 4.74 Å². The van der Waals surface area contributed by atoms with Crippen LogP contribution >= 0.6 is 0 Å². The summed E-state index contributed by atoms with van der Waals surface area (Å²) in [5.41, 5.74) is 0.643. The zero-order valence-electron chi connectivity index (χ0n) is 15.1. The highest BCUT2D eigenvalue weighted by Gasteiger charge is 2.28. The van der Waals surface area contributed by atoms with Crippen LogP contribution in [-0.4, -0.2) is 54.5 Å². The highest BCUT2D eigenvalue weighted by molar-refractivity contribution is 5.91. The molecule has 0 bridgehead atoms. The van der Waals surface area contributed by atoms with Crippen LogP contribution in [0.5, 0.6) is 5.75 Å². The largest absolute Gasteiger partial charge is 0.489 e. The molecule has 1 aliphatic rings. The van der Waals surface area contributed by atoms with Crippen LogP contribution in [0.15, 0.2) is 28.8 Å². The number of nitrogens with one attached hydrogen (secondary N) is 1. The van der Waals surface area contributed by atoms with Crippen LogP contribution in [0, 0.1) is 6.92 Å². The first-order valence-corrected chi connectivity index (χ1v) is 8.74. The van der Waals surface area contributed by atoms with Gasteiger partial charge in [0.2, 0.25) is 5.89 Å². The second kappa shape index (κ2) is 8.66. The summed E-state index contributed by atoms with van der Waals surface area (Å²) in [6, 6.07) is 7.22. The van der Waals surface area contributed by atoms with Crippen LogP contribution in [0.25, 0.3) is 0 Å². The molecule has 2 amide bonds. The summed E-state index contributed by atoms with van der Waals surface area (Å²) in [5, 5.41) is 6.78. The fourth-order valence-corrected chi connectivity index (χ4v) is 2.97. The molecule has 26 heavy (non-hydrogen) atoms. The molecule has 1 aliphatic heterocycles. The number of urea groups is 1. The normalized spacial score (nSPS) is 17.2. The predicted octanol–water partition coefficient (Wildman–Crippen LogP) is 2.81. The molecule has 1 N–H and O–H groups in total. The Balaban J connectivity index is 1.62. The van der Waals surface area contributed by atoms with Gasteiger partial charge in [0.25, 0.3) is 0 Å². The van der Waals surface area contributed by atoms with Crippen LogP contribution in [0.3, 0.4) is 0 Å². The van der Waals surface area contributed by atoms with Crippen molar-refractivity contribution in [2.45, 2.75) is 25.7 Å². The van der Waals surface area contributed by atoms with Crippen molar-refractivity contribution in [3.05, 3.63) is 36.0 Å². The fourth-order valence-electron chi connectivity index (χ4n) is 2.97. The molecule has 0 spiro atoms. The van der Waals surface area contributed by atoms with Gasteiger partial charge in [0.15, 0.2) is 5.82 Å². The zero-order valence-corrected chi connectivity index (χ0v) is 15.1. The van der Waals surface area contributed by atoms with E-state index in [4.69, 9.17) is 14.0 Å². The highest BCUT2D eigenvalue weighted by atomic mass is 16.5. The first-order chi connectivity index (χ1) is 12.7. The monoisotopic (exact) mass is 360 g/mol. The summed E-state index contributed by atoms with van der Waals surface area (Å²) >= 11 is 0. The van der Waals surface area contributed by atoms with Gasteiger partial charge in [-0.2, -0.15) is 4.98 Å². The van der Waals surface area contributed by atoms with Gasteiger partial charge in [-0.1, -0.05) is 17.3 Å². The summed E-state index contributed by atoms with van der Waals surface area (Å²) < 4.78 is 15.9. The van der Waals surface area contributed by atoms with Crippen molar-refractivity contribution in [2.24, 2.45) is 0 Å². The van der Waals surface area contributed by atoms with E-state index < -0.39 is 0 Å². The number of ether oxygens (including phenoxy) is 2. The number of para-hydroxylation sites is 2. The number of hydrogen-bond donors (Lipinski definition) is 1. The van der Waals surface area contributed by atoms with Crippen molar-refractivity contribution < 1.29 is 18.8 Å². The lowest BCUT2D eigenvalue weighted by atomic mass is 9.98. The standard InChI is InChI=1S/C18H24N4O4/c1-13-19-17(26-21-13)14-6-5-9-22(12-14)18(23)20-15-7-3-4-8-16(15)25-11-10-24-2/h3-4,7-8,14H,5-6,9-12H2,1-2H3,(H,20,23). The number of aromatic nitrogens is 2. The van der Waals surface area contributed by atoms with Gasteiger partial charge in [0.05, 0.1) is 18.2 Å². The minimum Gasteiger partial charge on any atom is -0.489 e. The van der Waals surface area contributed by atoms with E-state index in [9.17, 15) is 4.79 Å². The molecule has 3 rings (SSSR count). The summed E-state index contributed by atoms with van der Waals surface area (Å²) in [6.45, 7) is 3.95. The number of amides is 2. The van der Waals surface area contributed by atoms with E-state index in [1.54, 1.807) is 18.9 Å². The van der Waals surface area contributed by atoms with E-state index in [0.717, 1.165) is 12.8 Å². The second-order valence-corrected chi connectivity index (χ2v) is 6.23. The Morgan fingerprint density at radius 2 is 2.23 bits per heavy atom. The number of aryl methyl sites for hydroxylation is 1. The van der Waals surface area contributed by atoms with Gasteiger partial charge in [-0.15, -0.1) is 0 Å². The third-order valence-electron chi connectivity index (χ3n) is 4.27. The van der Waals surface area contributed by atoms with Crippen molar-refractivity contribution in [3.63, 3.8) is 0 Å². The van der Waals surface area contributed by atoms with Crippen molar-refractivity contribution in [1.29, 1.82) is 0 Å². The molecule has 0 aliphatic carbocycles. The Bertz CT molecular complexity index is 733. The quantitative estimate of drug-likeness (QED) is 0.797. The number of benzene rings is 1. The minimum atomic E-state index is -0.159. The van der Waals surface area contributed by atoms with E-state index in [1.807, 2.05) is 24.3 Å². The van der Waals surface area contributed by atoms with Gasteiger partial charge in [-0.3, -0.25) is 0 Å². The number of carbonyl (C=O) groups excluding carboxylic acids is 1. The molecule has 2 aromatic rings. The number of anilines is 1. The molecular formula is C18H24N4O4. The smallest absolute Gasteiger partial charge is 0.321 e. The van der Waals surface area contributed by atoms with E-state index in [2.05, 4.69) is 15.5 Å². The summed E-state index contributed by atoms with van der Waals surface area (Å²) in [7, 11) is 1.62. The molecule has 8 heteroatoms. The Labute approximate surface area is 152 Å². The average molecular weight is 360 g/mol. The van der Waals surface area contributed by atoms with Crippen molar-refractivity contribution >= 4 is 11.7 Å². The van der Waals surface area contributed by atoms with E-state index in [-0.39, 0.29) is 11.9 Å². The van der Waals surface area contributed by atoms with Crippen LogP contribution in [0.1, 0.15) is 30.5 Å². The topological polar surface area (TPSA) is 89.7 Å². The van der Waals surface area contributed by atoms with Gasteiger partial charge in [-0.25, -0.2) is 4.79 Å². The maximum absolute atomic E-state index is 12.7. The number of carbonyl (C=O) groups is 1. The SMILES string of the molecule is COCCOc1ccccc1NC(=O)N1CCCC(c2nc(C)no2)C1. The number of likely N-dealkylation sites (tertiary alicyclic amines) is 1. The lowest BCUT2D eigenvalue weighted by Crippen LogP contribution is -2.41. The zero-order chi connectivity index (χ0) is 18.4. The molecule has 0 radical (unpaired) electrons. The minimum absolute atomic E-state index is 0.0731. The van der Waals surface area contributed by atoms with Gasteiger partial charge < -0.3 is 24.2 Å². The maximum atomic E-state index is 12.7. The molecule has 2 heterocycles. The first kappa shape index (κ1) is 18.2. The molecular weight excluding hydrogens is 336 g/mol. The molecule has 1 saturated heterocycles. The molecule has 1 fully saturated rings. The van der Waals surface area contributed by atoms with Crippen LogP contribution < -0.4 is 10.1 Å². The molecule has 1 atom stereocenters. The molecule has 1 unspecified atom stereocenters. The van der Waals surface area contributed by atoms with E-state index in [1.165, 1.54) is 0 Å². The number of nitrogens with zero attached hydrogens (tertiary/aromatic N) is 3. The second-order valence-electron chi connectivity index (χ2n) is 6.23. The van der Waals surface area contributed by atoms with E-state index >= 15 is 0 Å². The maximum Gasteiger partial charge on any atom is 0.321 e. The number of rotatable bonds is 6. The number of hydrogen-bond acceptors (Lipinski definition) is 6. The Morgan fingerprint density at radius 3 is 3.00 bits per heavy atom. The molecule has 1 aromatic heterocycles. The summed E-state index contributed by atoms with van der Waals surface area (Å²) in [6.07, 6.45) is 1.83. The Kier molecular flexibility index (Phi) is 6.06. The average Bonchev–Trinajstić information content (AvgIpc) is 3.10. The van der Waals surface area contributed by atoms with Crippen LogP contribution in [0.2, 0.25) is 0 Å². The molecule has 140 valence electrons.